The molecule has 1 aliphatic rings. The number of rotatable bonds is 0. The fourth-order valence-electron chi connectivity index (χ4n) is 0.963. The summed E-state index contributed by atoms with van der Waals surface area (Å²) in [5.74, 6) is 0. The Balaban J connectivity index is 2.85. The highest BCUT2D eigenvalue weighted by Gasteiger charge is 2.10. The molecule has 0 radical (unpaired) electrons. The minimum absolute atomic E-state index is 0.282. The molecule has 0 amide bonds. The summed E-state index contributed by atoms with van der Waals surface area (Å²) in [5, 5.41) is 19.9. The van der Waals surface area contributed by atoms with Gasteiger partial charge in [0, 0.05) is 6.54 Å². The summed E-state index contributed by atoms with van der Waals surface area (Å²) in [6, 6.07) is 3.74. The quantitative estimate of drug-likeness (QED) is 0.484. The number of hydrogen-bond donors (Lipinski definition) is 1. The maximum Gasteiger partial charge on any atom is 0.130 e. The average molecular weight is 133 g/mol. The first-order valence-corrected chi connectivity index (χ1v) is 3.11. The van der Waals surface area contributed by atoms with Crippen LogP contribution in [0.3, 0.4) is 0 Å². The number of allylic oxidation sites excluding steroid dienone is 1. The van der Waals surface area contributed by atoms with Crippen molar-refractivity contribution >= 4 is 0 Å². The second-order valence-corrected chi connectivity index (χ2v) is 2.13. The van der Waals surface area contributed by atoms with E-state index in [1.165, 1.54) is 0 Å². The van der Waals surface area contributed by atoms with Gasteiger partial charge in [-0.15, -0.1) is 0 Å². The van der Waals surface area contributed by atoms with Gasteiger partial charge in [-0.1, -0.05) is 0 Å². The molecule has 1 aliphatic heterocycles. The summed E-state index contributed by atoms with van der Waals surface area (Å²) in [6.45, 7) is 1.60. The summed E-state index contributed by atoms with van der Waals surface area (Å²) in [4.78, 5) is 0. The molecule has 1 saturated heterocycles. The van der Waals surface area contributed by atoms with E-state index in [2.05, 4.69) is 5.32 Å². The van der Waals surface area contributed by atoms with E-state index in [4.69, 9.17) is 10.5 Å². The second kappa shape index (κ2) is 3.00. The number of nitriles is 2. The van der Waals surface area contributed by atoms with Gasteiger partial charge >= 0.3 is 0 Å². The Labute approximate surface area is 59.6 Å². The Morgan fingerprint density at radius 3 is 2.50 bits per heavy atom. The van der Waals surface area contributed by atoms with Crippen LogP contribution in [-0.2, 0) is 0 Å². The lowest BCUT2D eigenvalue weighted by Crippen LogP contribution is -2.05. The van der Waals surface area contributed by atoms with Gasteiger partial charge < -0.3 is 5.32 Å². The standard InChI is InChI=1S/C7H7N3/c8-3-7(4-9)6-1-2-10-5-6/h10H,1-2,5H2. The number of hydrogen-bond acceptors (Lipinski definition) is 3. The minimum atomic E-state index is 0.282. The van der Waals surface area contributed by atoms with Crippen molar-refractivity contribution < 1.29 is 0 Å². The maximum absolute atomic E-state index is 8.43. The molecule has 0 aromatic carbocycles. The second-order valence-electron chi connectivity index (χ2n) is 2.13. The Bertz CT molecular complexity index is 215. The van der Waals surface area contributed by atoms with E-state index in [0.717, 1.165) is 18.5 Å². The molecule has 0 aliphatic carbocycles. The van der Waals surface area contributed by atoms with Crippen molar-refractivity contribution in [1.82, 2.24) is 5.32 Å². The van der Waals surface area contributed by atoms with Gasteiger partial charge in [-0.3, -0.25) is 0 Å². The van der Waals surface area contributed by atoms with E-state index in [9.17, 15) is 0 Å². The van der Waals surface area contributed by atoms with Gasteiger partial charge in [-0.05, 0) is 18.5 Å². The summed E-state index contributed by atoms with van der Waals surface area (Å²) < 4.78 is 0. The Morgan fingerprint density at radius 2 is 2.10 bits per heavy atom. The number of nitrogens with one attached hydrogen (secondary N) is 1. The first-order chi connectivity index (χ1) is 4.88. The predicted molar refractivity (Wildman–Crippen MR) is 35.7 cm³/mol. The zero-order valence-corrected chi connectivity index (χ0v) is 5.52. The first kappa shape index (κ1) is 6.80. The highest BCUT2D eigenvalue weighted by atomic mass is 14.9. The van der Waals surface area contributed by atoms with Gasteiger partial charge in [-0.2, -0.15) is 10.5 Å². The molecule has 10 heavy (non-hydrogen) atoms. The predicted octanol–water partition coefficient (Wildman–Crippen LogP) is 0.323. The van der Waals surface area contributed by atoms with Gasteiger partial charge in [0.05, 0.1) is 0 Å². The molecule has 0 aromatic rings. The molecule has 50 valence electrons. The van der Waals surface area contributed by atoms with E-state index in [1.807, 2.05) is 12.1 Å². The zero-order chi connectivity index (χ0) is 7.40. The summed E-state index contributed by atoms with van der Waals surface area (Å²) in [5.41, 5.74) is 1.23. The molecule has 0 atom stereocenters. The fourth-order valence-corrected chi connectivity index (χ4v) is 0.963. The van der Waals surface area contributed by atoms with Crippen LogP contribution in [0.4, 0.5) is 0 Å². The van der Waals surface area contributed by atoms with Gasteiger partial charge in [0.1, 0.15) is 17.7 Å². The smallest absolute Gasteiger partial charge is 0.130 e. The fraction of sp³-hybridized carbons (Fsp3) is 0.429. The van der Waals surface area contributed by atoms with Crippen LogP contribution in [0.5, 0.6) is 0 Å². The molecular weight excluding hydrogens is 126 g/mol. The van der Waals surface area contributed by atoms with Gasteiger partial charge in [0.2, 0.25) is 0 Å². The van der Waals surface area contributed by atoms with Crippen molar-refractivity contribution in [2.45, 2.75) is 6.42 Å². The molecule has 0 spiro atoms. The van der Waals surface area contributed by atoms with E-state index in [0.29, 0.717) is 6.54 Å². The summed E-state index contributed by atoms with van der Waals surface area (Å²) in [6.07, 6.45) is 0.844. The molecular formula is C7H7N3. The topological polar surface area (TPSA) is 59.6 Å². The van der Waals surface area contributed by atoms with Crippen LogP contribution < -0.4 is 5.32 Å². The van der Waals surface area contributed by atoms with Crippen LogP contribution in [0.25, 0.3) is 0 Å². The molecule has 3 nitrogen and oxygen atoms in total. The Kier molecular flexibility index (Phi) is 2.04. The lowest BCUT2D eigenvalue weighted by Gasteiger charge is -1.89. The lowest BCUT2D eigenvalue weighted by molar-refractivity contribution is 0.862. The Morgan fingerprint density at radius 1 is 1.40 bits per heavy atom. The highest BCUT2D eigenvalue weighted by molar-refractivity contribution is 5.41. The molecule has 1 fully saturated rings. The van der Waals surface area contributed by atoms with Crippen molar-refractivity contribution in [2.75, 3.05) is 13.1 Å². The van der Waals surface area contributed by atoms with E-state index < -0.39 is 0 Å². The third-order valence-electron chi connectivity index (χ3n) is 1.52. The van der Waals surface area contributed by atoms with Crippen molar-refractivity contribution in [3.63, 3.8) is 0 Å². The van der Waals surface area contributed by atoms with Gasteiger partial charge in [-0.25, -0.2) is 0 Å². The van der Waals surface area contributed by atoms with Crippen molar-refractivity contribution in [2.24, 2.45) is 0 Å². The van der Waals surface area contributed by atoms with Crippen molar-refractivity contribution in [1.29, 1.82) is 10.5 Å². The van der Waals surface area contributed by atoms with Crippen LogP contribution in [0, 0.1) is 22.7 Å². The molecule has 1 rings (SSSR count). The Hall–Kier alpha value is -1.32. The molecule has 0 aromatic heterocycles. The normalized spacial score (nSPS) is 16.0. The zero-order valence-electron chi connectivity index (χ0n) is 5.52. The van der Waals surface area contributed by atoms with E-state index in [1.54, 1.807) is 0 Å². The van der Waals surface area contributed by atoms with Crippen LogP contribution >= 0.6 is 0 Å². The lowest BCUT2D eigenvalue weighted by atomic mass is 10.1. The van der Waals surface area contributed by atoms with Crippen molar-refractivity contribution in [3.05, 3.63) is 11.1 Å². The molecule has 0 bridgehead atoms. The molecule has 3 heteroatoms. The third-order valence-corrected chi connectivity index (χ3v) is 1.52. The third kappa shape index (κ3) is 1.15. The molecule has 0 saturated carbocycles. The van der Waals surface area contributed by atoms with Crippen LogP contribution in [0.2, 0.25) is 0 Å². The number of nitrogens with zero attached hydrogens (tertiary/aromatic N) is 2. The van der Waals surface area contributed by atoms with Crippen LogP contribution in [-0.4, -0.2) is 13.1 Å². The van der Waals surface area contributed by atoms with E-state index >= 15 is 0 Å². The maximum atomic E-state index is 8.43. The minimum Gasteiger partial charge on any atom is -0.313 e. The monoisotopic (exact) mass is 133 g/mol. The van der Waals surface area contributed by atoms with Crippen molar-refractivity contribution in [3.8, 4) is 12.1 Å². The van der Waals surface area contributed by atoms with Gasteiger partial charge in [0.15, 0.2) is 0 Å². The first-order valence-electron chi connectivity index (χ1n) is 3.11. The molecule has 1 N–H and O–H groups in total. The average Bonchev–Trinajstić information content (AvgIpc) is 2.43. The van der Waals surface area contributed by atoms with Gasteiger partial charge in [0.25, 0.3) is 0 Å². The van der Waals surface area contributed by atoms with Crippen LogP contribution in [0.15, 0.2) is 11.1 Å². The summed E-state index contributed by atoms with van der Waals surface area (Å²) >= 11 is 0. The highest BCUT2D eigenvalue weighted by Crippen LogP contribution is 2.10. The van der Waals surface area contributed by atoms with E-state index in [-0.39, 0.29) is 5.57 Å². The summed E-state index contributed by atoms with van der Waals surface area (Å²) in [7, 11) is 0. The van der Waals surface area contributed by atoms with Crippen LogP contribution in [0.1, 0.15) is 6.42 Å². The SMILES string of the molecule is N#CC(C#N)=C1CCNC1. The molecule has 0 unspecified atom stereocenters. The largest absolute Gasteiger partial charge is 0.313 e. The molecule has 1 heterocycles.